The fraction of sp³-hybridized carbons (Fsp3) is 0.154. The van der Waals surface area contributed by atoms with Crippen LogP contribution in [-0.4, -0.2) is 16.7 Å². The first-order valence-corrected chi connectivity index (χ1v) is 5.19. The highest BCUT2D eigenvalue weighted by Gasteiger charge is 2.08. The quantitative estimate of drug-likeness (QED) is 0.636. The maximum absolute atomic E-state index is 9.00. The van der Waals surface area contributed by atoms with Crippen LogP contribution in [0.4, 0.5) is 5.69 Å². The summed E-state index contributed by atoms with van der Waals surface area (Å²) in [6.07, 6.45) is 5.79. The normalized spacial score (nSPS) is 9.53. The molecule has 0 aliphatic carbocycles. The van der Waals surface area contributed by atoms with Crippen LogP contribution in [0.5, 0.6) is 0 Å². The minimum Gasteiger partial charge on any atom is -0.381 e. The standard InChI is InChI=1S/C13H10N4/c1-2-3-8-15-13-10-6-4-5-7-11(10)16-17-12(13)9-14/h1,4-7H,3,8H2,(H,15,16). The molecule has 1 aromatic heterocycles. The van der Waals surface area contributed by atoms with E-state index >= 15 is 0 Å². The Labute approximate surface area is 99.3 Å². The van der Waals surface area contributed by atoms with E-state index in [9.17, 15) is 0 Å². The number of nitrogens with zero attached hydrogens (tertiary/aromatic N) is 3. The summed E-state index contributed by atoms with van der Waals surface area (Å²) < 4.78 is 0. The zero-order valence-electron chi connectivity index (χ0n) is 9.14. The number of nitriles is 1. The molecule has 17 heavy (non-hydrogen) atoms. The molecule has 4 nitrogen and oxygen atoms in total. The molecule has 0 aliphatic rings. The van der Waals surface area contributed by atoms with E-state index in [-0.39, 0.29) is 0 Å². The predicted molar refractivity (Wildman–Crippen MR) is 66.2 cm³/mol. The molecule has 0 atom stereocenters. The molecule has 0 radical (unpaired) electrons. The predicted octanol–water partition coefficient (Wildman–Crippen LogP) is 1.94. The highest BCUT2D eigenvalue weighted by molar-refractivity contribution is 5.92. The maximum atomic E-state index is 9.00. The molecular formula is C13H10N4. The lowest BCUT2D eigenvalue weighted by Crippen LogP contribution is -2.05. The Morgan fingerprint density at radius 2 is 2.12 bits per heavy atom. The fourth-order valence-electron chi connectivity index (χ4n) is 1.57. The van der Waals surface area contributed by atoms with Crippen molar-refractivity contribution in [2.75, 3.05) is 11.9 Å². The number of terminal acetylenes is 1. The molecule has 0 spiro atoms. The van der Waals surface area contributed by atoms with Gasteiger partial charge in [0.25, 0.3) is 0 Å². The van der Waals surface area contributed by atoms with E-state index in [1.807, 2.05) is 30.3 Å². The van der Waals surface area contributed by atoms with Gasteiger partial charge in [-0.1, -0.05) is 18.2 Å². The van der Waals surface area contributed by atoms with Gasteiger partial charge in [0.1, 0.15) is 6.07 Å². The number of nitrogens with one attached hydrogen (secondary N) is 1. The molecule has 1 heterocycles. The van der Waals surface area contributed by atoms with Gasteiger partial charge in [-0.15, -0.1) is 22.5 Å². The average molecular weight is 222 g/mol. The van der Waals surface area contributed by atoms with Crippen LogP contribution >= 0.6 is 0 Å². The number of benzene rings is 1. The van der Waals surface area contributed by atoms with Gasteiger partial charge in [-0.2, -0.15) is 5.26 Å². The molecule has 2 aromatic rings. The van der Waals surface area contributed by atoms with Gasteiger partial charge < -0.3 is 5.32 Å². The molecule has 0 saturated carbocycles. The van der Waals surface area contributed by atoms with E-state index in [2.05, 4.69) is 21.4 Å². The smallest absolute Gasteiger partial charge is 0.186 e. The van der Waals surface area contributed by atoms with Crippen molar-refractivity contribution in [2.45, 2.75) is 6.42 Å². The van der Waals surface area contributed by atoms with Crippen molar-refractivity contribution in [3.8, 4) is 18.4 Å². The van der Waals surface area contributed by atoms with E-state index < -0.39 is 0 Å². The Hall–Kier alpha value is -2.59. The Morgan fingerprint density at radius 3 is 2.88 bits per heavy atom. The zero-order valence-corrected chi connectivity index (χ0v) is 9.14. The Morgan fingerprint density at radius 1 is 1.29 bits per heavy atom. The maximum Gasteiger partial charge on any atom is 0.186 e. The summed E-state index contributed by atoms with van der Waals surface area (Å²) in [6, 6.07) is 9.57. The number of hydrogen-bond acceptors (Lipinski definition) is 4. The lowest BCUT2D eigenvalue weighted by atomic mass is 10.1. The van der Waals surface area contributed by atoms with Gasteiger partial charge >= 0.3 is 0 Å². The summed E-state index contributed by atoms with van der Waals surface area (Å²) >= 11 is 0. The molecule has 1 aromatic carbocycles. The molecule has 0 saturated heterocycles. The number of fused-ring (bicyclic) bond motifs is 1. The van der Waals surface area contributed by atoms with Crippen LogP contribution in [-0.2, 0) is 0 Å². The molecule has 2 rings (SSSR count). The first kappa shape index (κ1) is 10.9. The van der Waals surface area contributed by atoms with Crippen LogP contribution in [0.3, 0.4) is 0 Å². The number of aromatic nitrogens is 2. The lowest BCUT2D eigenvalue weighted by molar-refractivity contribution is 1.03. The molecule has 0 unspecified atom stereocenters. The fourth-order valence-corrected chi connectivity index (χ4v) is 1.57. The third-order valence-electron chi connectivity index (χ3n) is 2.34. The largest absolute Gasteiger partial charge is 0.381 e. The Balaban J connectivity index is 2.49. The van der Waals surface area contributed by atoms with Gasteiger partial charge in [0.15, 0.2) is 5.69 Å². The van der Waals surface area contributed by atoms with Crippen molar-refractivity contribution in [3.63, 3.8) is 0 Å². The van der Waals surface area contributed by atoms with Crippen molar-refractivity contribution in [2.24, 2.45) is 0 Å². The van der Waals surface area contributed by atoms with Crippen LogP contribution in [0.15, 0.2) is 24.3 Å². The SMILES string of the molecule is C#CCCNc1c(C#N)nnc2ccccc12. The zero-order chi connectivity index (χ0) is 12.1. The van der Waals surface area contributed by atoms with Gasteiger partial charge in [0, 0.05) is 18.4 Å². The van der Waals surface area contributed by atoms with E-state index in [1.165, 1.54) is 0 Å². The molecule has 82 valence electrons. The Kier molecular flexibility index (Phi) is 3.18. The van der Waals surface area contributed by atoms with Crippen molar-refractivity contribution >= 4 is 16.6 Å². The van der Waals surface area contributed by atoms with E-state index in [4.69, 9.17) is 11.7 Å². The second-order valence-electron chi connectivity index (χ2n) is 3.43. The van der Waals surface area contributed by atoms with E-state index in [1.54, 1.807) is 0 Å². The van der Waals surface area contributed by atoms with Crippen LogP contribution in [0.2, 0.25) is 0 Å². The molecule has 4 heteroatoms. The number of anilines is 1. The molecule has 1 N–H and O–H groups in total. The Bertz CT molecular complexity index is 619. The van der Waals surface area contributed by atoms with E-state index in [0.717, 1.165) is 10.9 Å². The summed E-state index contributed by atoms with van der Waals surface area (Å²) in [5, 5.41) is 20.9. The third kappa shape index (κ3) is 2.16. The molecule has 0 bridgehead atoms. The second-order valence-corrected chi connectivity index (χ2v) is 3.43. The summed E-state index contributed by atoms with van der Waals surface area (Å²) in [5.41, 5.74) is 1.75. The summed E-state index contributed by atoms with van der Waals surface area (Å²) in [7, 11) is 0. The van der Waals surface area contributed by atoms with Crippen molar-refractivity contribution in [3.05, 3.63) is 30.0 Å². The van der Waals surface area contributed by atoms with Crippen LogP contribution < -0.4 is 5.32 Å². The summed E-state index contributed by atoms with van der Waals surface area (Å²) in [5.74, 6) is 2.54. The number of hydrogen-bond donors (Lipinski definition) is 1. The lowest BCUT2D eigenvalue weighted by Gasteiger charge is -2.08. The monoisotopic (exact) mass is 222 g/mol. The van der Waals surface area contributed by atoms with Crippen molar-refractivity contribution < 1.29 is 0 Å². The van der Waals surface area contributed by atoms with Crippen LogP contribution in [0, 0.1) is 23.7 Å². The van der Waals surface area contributed by atoms with E-state index in [0.29, 0.717) is 24.3 Å². The average Bonchev–Trinajstić information content (AvgIpc) is 2.39. The van der Waals surface area contributed by atoms with Crippen LogP contribution in [0.1, 0.15) is 12.1 Å². The van der Waals surface area contributed by atoms with Gasteiger partial charge in [0.2, 0.25) is 0 Å². The van der Waals surface area contributed by atoms with Gasteiger partial charge in [-0.05, 0) is 6.07 Å². The third-order valence-corrected chi connectivity index (χ3v) is 2.34. The minimum absolute atomic E-state index is 0.292. The molecule has 0 fully saturated rings. The highest BCUT2D eigenvalue weighted by Crippen LogP contribution is 2.23. The van der Waals surface area contributed by atoms with Crippen molar-refractivity contribution in [1.82, 2.24) is 10.2 Å². The minimum atomic E-state index is 0.292. The first-order chi connectivity index (χ1) is 8.36. The highest BCUT2D eigenvalue weighted by atomic mass is 15.1. The number of rotatable bonds is 3. The molecule has 0 aliphatic heterocycles. The summed E-state index contributed by atoms with van der Waals surface area (Å²) in [6.45, 7) is 0.612. The summed E-state index contributed by atoms with van der Waals surface area (Å²) in [4.78, 5) is 0. The van der Waals surface area contributed by atoms with Crippen LogP contribution in [0.25, 0.3) is 10.9 Å². The topological polar surface area (TPSA) is 61.6 Å². The molecule has 0 amide bonds. The second kappa shape index (κ2) is 4.96. The van der Waals surface area contributed by atoms with Gasteiger partial charge in [0.05, 0.1) is 11.2 Å². The van der Waals surface area contributed by atoms with Crippen molar-refractivity contribution in [1.29, 1.82) is 5.26 Å². The molecular weight excluding hydrogens is 212 g/mol. The van der Waals surface area contributed by atoms with Gasteiger partial charge in [-0.25, -0.2) is 0 Å². The first-order valence-electron chi connectivity index (χ1n) is 5.19. The van der Waals surface area contributed by atoms with Gasteiger partial charge in [-0.3, -0.25) is 0 Å².